The van der Waals surface area contributed by atoms with E-state index in [1.165, 1.54) is 19.3 Å². The second-order valence-corrected chi connectivity index (χ2v) is 8.41. The lowest BCUT2D eigenvalue weighted by molar-refractivity contribution is 0.297. The van der Waals surface area contributed by atoms with Crippen LogP contribution in [-0.4, -0.2) is 55.9 Å². The fourth-order valence-corrected chi connectivity index (χ4v) is 4.36. The van der Waals surface area contributed by atoms with Crippen LogP contribution in [0.3, 0.4) is 0 Å². The predicted octanol–water partition coefficient (Wildman–Crippen LogP) is 3.71. The third-order valence-corrected chi connectivity index (χ3v) is 6.17. The molecule has 0 amide bonds. The summed E-state index contributed by atoms with van der Waals surface area (Å²) in [6.45, 7) is 5.31. The van der Waals surface area contributed by atoms with Crippen LogP contribution in [0.1, 0.15) is 31.4 Å². The van der Waals surface area contributed by atoms with Crippen molar-refractivity contribution in [3.05, 3.63) is 42.4 Å². The molecular weight excluding hydrogens is 418 g/mol. The zero-order valence-corrected chi connectivity index (χ0v) is 18.6. The Morgan fingerprint density at radius 3 is 2.61 bits per heavy atom. The van der Waals surface area contributed by atoms with Crippen molar-refractivity contribution < 1.29 is 9.47 Å². The van der Waals surface area contributed by atoms with E-state index in [1.807, 2.05) is 43.6 Å². The Morgan fingerprint density at radius 1 is 0.879 bits per heavy atom. The number of nitrogens with zero attached hydrogens (tertiary/aromatic N) is 7. The molecule has 0 bridgehead atoms. The molecule has 1 fully saturated rings. The Balaban J connectivity index is 1.36. The monoisotopic (exact) mass is 443 g/mol. The van der Waals surface area contributed by atoms with Crippen LogP contribution >= 0.6 is 0 Å². The average molecular weight is 444 g/mol. The van der Waals surface area contributed by atoms with Gasteiger partial charge in [-0.05, 0) is 50.5 Å². The number of anilines is 1. The number of benzene rings is 1. The Bertz CT molecular complexity index is 1310. The summed E-state index contributed by atoms with van der Waals surface area (Å²) in [5, 5.41) is 4.75. The van der Waals surface area contributed by atoms with Gasteiger partial charge in [-0.25, -0.2) is 19.5 Å². The number of ether oxygens (including phenoxy) is 2. The molecular formula is C24H25N7O2. The van der Waals surface area contributed by atoms with Crippen LogP contribution in [0.4, 0.5) is 5.95 Å². The van der Waals surface area contributed by atoms with Crippen LogP contribution < -0.4 is 14.4 Å². The number of piperidine rings is 1. The van der Waals surface area contributed by atoms with E-state index in [0.29, 0.717) is 24.8 Å². The van der Waals surface area contributed by atoms with Gasteiger partial charge < -0.3 is 14.4 Å². The number of aryl methyl sites for hydroxylation is 1. The van der Waals surface area contributed by atoms with Crippen molar-refractivity contribution >= 4 is 11.7 Å². The second-order valence-electron chi connectivity index (χ2n) is 8.41. The number of aromatic nitrogens is 6. The molecule has 33 heavy (non-hydrogen) atoms. The molecule has 0 saturated carbocycles. The summed E-state index contributed by atoms with van der Waals surface area (Å²) >= 11 is 0. The van der Waals surface area contributed by atoms with Gasteiger partial charge in [0, 0.05) is 43.0 Å². The molecule has 9 nitrogen and oxygen atoms in total. The lowest BCUT2D eigenvalue weighted by atomic mass is 10.1. The highest BCUT2D eigenvalue weighted by molar-refractivity contribution is 5.66. The average Bonchev–Trinajstić information content (AvgIpc) is 3.17. The molecule has 9 heteroatoms. The molecule has 4 aromatic rings. The van der Waals surface area contributed by atoms with Gasteiger partial charge in [-0.1, -0.05) is 0 Å². The van der Waals surface area contributed by atoms with Crippen molar-refractivity contribution in [3.8, 4) is 34.1 Å². The van der Waals surface area contributed by atoms with E-state index in [1.54, 1.807) is 4.52 Å². The van der Waals surface area contributed by atoms with Crippen molar-refractivity contribution in [3.63, 3.8) is 0 Å². The van der Waals surface area contributed by atoms with Crippen molar-refractivity contribution in [2.24, 2.45) is 0 Å². The zero-order chi connectivity index (χ0) is 22.2. The molecule has 168 valence electrons. The van der Waals surface area contributed by atoms with Crippen LogP contribution in [0.25, 0.3) is 28.4 Å². The quantitative estimate of drug-likeness (QED) is 0.473. The lowest BCUT2D eigenvalue weighted by Gasteiger charge is -2.26. The molecule has 0 unspecified atom stereocenters. The van der Waals surface area contributed by atoms with E-state index < -0.39 is 0 Å². The maximum absolute atomic E-state index is 5.83. The highest BCUT2D eigenvalue weighted by Gasteiger charge is 2.18. The van der Waals surface area contributed by atoms with Gasteiger partial charge in [-0.3, -0.25) is 0 Å². The van der Waals surface area contributed by atoms with Gasteiger partial charge in [0.05, 0.1) is 24.6 Å². The predicted molar refractivity (Wildman–Crippen MR) is 124 cm³/mol. The highest BCUT2D eigenvalue weighted by Crippen LogP contribution is 2.33. The van der Waals surface area contributed by atoms with Gasteiger partial charge in [-0.2, -0.15) is 4.98 Å². The largest absolute Gasteiger partial charge is 0.490 e. The second kappa shape index (κ2) is 8.31. The van der Waals surface area contributed by atoms with E-state index in [2.05, 4.69) is 19.9 Å². The minimum Gasteiger partial charge on any atom is -0.490 e. The van der Waals surface area contributed by atoms with Gasteiger partial charge in [0.1, 0.15) is 0 Å². The molecule has 0 N–H and O–H groups in total. The summed E-state index contributed by atoms with van der Waals surface area (Å²) in [4.78, 5) is 20.8. The molecule has 1 saturated heterocycles. The molecule has 2 aliphatic rings. The molecule has 6 rings (SSSR count). The molecule has 0 radical (unpaired) electrons. The van der Waals surface area contributed by atoms with Crippen molar-refractivity contribution in [1.82, 2.24) is 29.5 Å². The summed E-state index contributed by atoms with van der Waals surface area (Å²) in [5.74, 6) is 3.39. The number of fused-ring (bicyclic) bond motifs is 2. The Labute approximate surface area is 191 Å². The Morgan fingerprint density at radius 2 is 1.73 bits per heavy atom. The van der Waals surface area contributed by atoms with E-state index in [0.717, 1.165) is 59.5 Å². The summed E-state index contributed by atoms with van der Waals surface area (Å²) in [6, 6.07) is 7.72. The van der Waals surface area contributed by atoms with Gasteiger partial charge in [-0.15, -0.1) is 5.10 Å². The third-order valence-electron chi connectivity index (χ3n) is 6.17. The van der Waals surface area contributed by atoms with Gasteiger partial charge in [0.25, 0.3) is 5.78 Å². The first-order valence-corrected chi connectivity index (χ1v) is 11.5. The normalized spacial score (nSPS) is 16.1. The zero-order valence-electron chi connectivity index (χ0n) is 18.6. The number of rotatable bonds is 3. The standard InChI is InChI=1S/C24H25N7O2/c1-16-18(19-8-9-25-23(27-19)30-10-3-2-4-11-30)15-26-24-28-22(29-31(16)24)17-6-7-20-21(14-17)33-13-5-12-32-20/h6-9,14-15H,2-5,10-13H2,1H3. The van der Waals surface area contributed by atoms with E-state index in [4.69, 9.17) is 19.6 Å². The Kier molecular flexibility index (Phi) is 5.01. The van der Waals surface area contributed by atoms with Crippen LogP contribution in [-0.2, 0) is 0 Å². The first kappa shape index (κ1) is 19.9. The van der Waals surface area contributed by atoms with Gasteiger partial charge in [0.2, 0.25) is 5.95 Å². The maximum atomic E-state index is 5.83. The van der Waals surface area contributed by atoms with E-state index >= 15 is 0 Å². The summed E-state index contributed by atoms with van der Waals surface area (Å²) in [6.07, 6.45) is 8.14. The highest BCUT2D eigenvalue weighted by atomic mass is 16.5. The molecule has 2 aliphatic heterocycles. The molecule has 1 aromatic carbocycles. The molecule has 0 spiro atoms. The number of hydrogen-bond acceptors (Lipinski definition) is 8. The minimum absolute atomic E-state index is 0.545. The van der Waals surface area contributed by atoms with E-state index in [9.17, 15) is 0 Å². The van der Waals surface area contributed by atoms with Crippen molar-refractivity contribution in [2.45, 2.75) is 32.6 Å². The first-order chi connectivity index (χ1) is 16.3. The fraction of sp³-hybridized carbons (Fsp3) is 0.375. The molecule has 3 aromatic heterocycles. The lowest BCUT2D eigenvalue weighted by Crippen LogP contribution is -2.31. The first-order valence-electron chi connectivity index (χ1n) is 11.5. The summed E-state index contributed by atoms with van der Waals surface area (Å²) in [5.41, 5.74) is 3.54. The number of hydrogen-bond donors (Lipinski definition) is 0. The van der Waals surface area contributed by atoms with Crippen LogP contribution in [0.2, 0.25) is 0 Å². The molecule has 0 atom stereocenters. The SMILES string of the molecule is Cc1c(-c2ccnc(N3CCCCC3)n2)cnc2nc(-c3ccc4c(c3)OCCCO4)nn12. The third kappa shape index (κ3) is 3.73. The molecule has 5 heterocycles. The molecule has 0 aliphatic carbocycles. The summed E-state index contributed by atoms with van der Waals surface area (Å²) < 4.78 is 13.3. The van der Waals surface area contributed by atoms with Crippen LogP contribution in [0.15, 0.2) is 36.7 Å². The minimum atomic E-state index is 0.545. The fourth-order valence-electron chi connectivity index (χ4n) is 4.36. The van der Waals surface area contributed by atoms with Gasteiger partial charge in [0.15, 0.2) is 17.3 Å². The van der Waals surface area contributed by atoms with Crippen LogP contribution in [0, 0.1) is 6.92 Å². The van der Waals surface area contributed by atoms with E-state index in [-0.39, 0.29) is 0 Å². The summed E-state index contributed by atoms with van der Waals surface area (Å²) in [7, 11) is 0. The smallest absolute Gasteiger partial charge is 0.252 e. The Hall–Kier alpha value is -3.75. The topological polar surface area (TPSA) is 90.6 Å². The van der Waals surface area contributed by atoms with Gasteiger partial charge >= 0.3 is 0 Å². The van der Waals surface area contributed by atoms with Crippen molar-refractivity contribution in [1.29, 1.82) is 0 Å². The van der Waals surface area contributed by atoms with Crippen molar-refractivity contribution in [2.75, 3.05) is 31.2 Å². The maximum Gasteiger partial charge on any atom is 0.252 e. The van der Waals surface area contributed by atoms with Crippen LogP contribution in [0.5, 0.6) is 11.5 Å².